The van der Waals surface area contributed by atoms with Crippen LogP contribution in [0.3, 0.4) is 0 Å². The van der Waals surface area contributed by atoms with Gasteiger partial charge in [-0.3, -0.25) is 4.90 Å². The number of likely N-dealkylation sites (tertiary alicyclic amines) is 1. The van der Waals surface area contributed by atoms with Crippen LogP contribution in [-0.2, 0) is 6.54 Å². The van der Waals surface area contributed by atoms with E-state index in [0.29, 0.717) is 6.04 Å². The summed E-state index contributed by atoms with van der Waals surface area (Å²) < 4.78 is 1.17. The number of nitrogens with one attached hydrogen (secondary N) is 1. The van der Waals surface area contributed by atoms with Crippen molar-refractivity contribution in [3.05, 3.63) is 57.7 Å². The average molecular weight is 393 g/mol. The second-order valence-corrected chi connectivity index (χ2v) is 6.83. The standard InChI is InChI=1S/C17H20IN3/c18-14-6-7-17(16(19)10-14)20-15-8-9-21(12-15)11-13-4-2-1-3-5-13/h1-7,10,15,20H,8-9,11-12,19H2. The van der Waals surface area contributed by atoms with Crippen molar-refractivity contribution in [2.24, 2.45) is 0 Å². The predicted octanol–water partition coefficient (Wildman–Crippen LogP) is 3.56. The molecule has 0 spiro atoms. The molecule has 1 aliphatic heterocycles. The zero-order chi connectivity index (χ0) is 14.7. The molecule has 0 radical (unpaired) electrons. The fourth-order valence-corrected chi connectivity index (χ4v) is 3.34. The molecule has 1 aliphatic rings. The maximum Gasteiger partial charge on any atom is 0.0577 e. The lowest BCUT2D eigenvalue weighted by atomic mass is 10.2. The highest BCUT2D eigenvalue weighted by Crippen LogP contribution is 2.24. The molecule has 3 rings (SSSR count). The molecule has 4 heteroatoms. The molecular formula is C17H20IN3. The van der Waals surface area contributed by atoms with Gasteiger partial charge >= 0.3 is 0 Å². The first kappa shape index (κ1) is 14.7. The molecule has 2 aromatic carbocycles. The summed E-state index contributed by atoms with van der Waals surface area (Å²) in [6.07, 6.45) is 1.16. The second-order valence-electron chi connectivity index (χ2n) is 5.58. The lowest BCUT2D eigenvalue weighted by Crippen LogP contribution is -2.26. The average Bonchev–Trinajstić information content (AvgIpc) is 2.90. The summed E-state index contributed by atoms with van der Waals surface area (Å²) in [5.41, 5.74) is 9.35. The van der Waals surface area contributed by atoms with Crippen molar-refractivity contribution in [3.8, 4) is 0 Å². The molecular weight excluding hydrogens is 373 g/mol. The number of rotatable bonds is 4. The summed E-state index contributed by atoms with van der Waals surface area (Å²) in [6.45, 7) is 3.23. The molecule has 21 heavy (non-hydrogen) atoms. The number of benzene rings is 2. The van der Waals surface area contributed by atoms with Gasteiger partial charge in [0.2, 0.25) is 0 Å². The maximum atomic E-state index is 6.08. The Labute approximate surface area is 139 Å². The van der Waals surface area contributed by atoms with Crippen LogP contribution < -0.4 is 11.1 Å². The van der Waals surface area contributed by atoms with E-state index in [-0.39, 0.29) is 0 Å². The van der Waals surface area contributed by atoms with Gasteiger partial charge in [-0.2, -0.15) is 0 Å². The van der Waals surface area contributed by atoms with E-state index in [1.165, 1.54) is 9.13 Å². The number of halogens is 1. The molecule has 1 saturated heterocycles. The van der Waals surface area contributed by atoms with E-state index in [4.69, 9.17) is 5.73 Å². The SMILES string of the molecule is Nc1cc(I)ccc1NC1CCN(Cc2ccccc2)C1. The third kappa shape index (κ3) is 3.89. The van der Waals surface area contributed by atoms with Crippen molar-refractivity contribution >= 4 is 34.0 Å². The van der Waals surface area contributed by atoms with E-state index in [9.17, 15) is 0 Å². The van der Waals surface area contributed by atoms with Gasteiger partial charge in [0.25, 0.3) is 0 Å². The van der Waals surface area contributed by atoms with Gasteiger partial charge in [-0.05, 0) is 52.8 Å². The Bertz CT molecular complexity index is 600. The third-order valence-electron chi connectivity index (χ3n) is 3.89. The molecule has 1 unspecified atom stereocenters. The Balaban J connectivity index is 1.57. The minimum absolute atomic E-state index is 0.482. The fourth-order valence-electron chi connectivity index (χ4n) is 2.82. The second kappa shape index (κ2) is 6.66. The number of nitrogens with two attached hydrogens (primary N) is 1. The van der Waals surface area contributed by atoms with E-state index in [1.807, 2.05) is 6.07 Å². The van der Waals surface area contributed by atoms with Crippen LogP contribution in [0.15, 0.2) is 48.5 Å². The molecule has 1 fully saturated rings. The van der Waals surface area contributed by atoms with Gasteiger partial charge < -0.3 is 11.1 Å². The van der Waals surface area contributed by atoms with Crippen molar-refractivity contribution in [2.75, 3.05) is 24.1 Å². The molecule has 0 bridgehead atoms. The number of hydrogen-bond donors (Lipinski definition) is 2. The lowest BCUT2D eigenvalue weighted by molar-refractivity contribution is 0.328. The molecule has 0 amide bonds. The molecule has 1 heterocycles. The predicted molar refractivity (Wildman–Crippen MR) is 97.3 cm³/mol. The van der Waals surface area contributed by atoms with Crippen molar-refractivity contribution in [1.82, 2.24) is 4.90 Å². The van der Waals surface area contributed by atoms with Crippen molar-refractivity contribution in [2.45, 2.75) is 19.0 Å². The number of nitrogens with zero attached hydrogens (tertiary/aromatic N) is 1. The number of anilines is 2. The highest BCUT2D eigenvalue weighted by molar-refractivity contribution is 14.1. The maximum absolute atomic E-state index is 6.08. The topological polar surface area (TPSA) is 41.3 Å². The van der Waals surface area contributed by atoms with Crippen LogP contribution >= 0.6 is 22.6 Å². The lowest BCUT2D eigenvalue weighted by Gasteiger charge is -2.18. The Morgan fingerprint density at radius 1 is 1.19 bits per heavy atom. The third-order valence-corrected chi connectivity index (χ3v) is 4.57. The van der Waals surface area contributed by atoms with E-state index in [1.54, 1.807) is 0 Å². The molecule has 1 atom stereocenters. The normalized spacial score (nSPS) is 18.8. The van der Waals surface area contributed by atoms with Gasteiger partial charge in [-0.1, -0.05) is 30.3 Å². The molecule has 110 valence electrons. The highest BCUT2D eigenvalue weighted by Gasteiger charge is 2.22. The van der Waals surface area contributed by atoms with Gasteiger partial charge in [0.15, 0.2) is 0 Å². The first-order valence-corrected chi connectivity index (χ1v) is 8.36. The quantitative estimate of drug-likeness (QED) is 0.617. The largest absolute Gasteiger partial charge is 0.397 e. The van der Waals surface area contributed by atoms with E-state index in [2.05, 4.69) is 75.3 Å². The molecule has 3 nitrogen and oxygen atoms in total. The summed E-state index contributed by atoms with van der Waals surface area (Å²) in [5.74, 6) is 0. The van der Waals surface area contributed by atoms with Crippen LogP contribution in [0.4, 0.5) is 11.4 Å². The minimum Gasteiger partial charge on any atom is -0.397 e. The monoisotopic (exact) mass is 393 g/mol. The van der Waals surface area contributed by atoms with Gasteiger partial charge in [0, 0.05) is 29.2 Å². The summed E-state index contributed by atoms with van der Waals surface area (Å²) in [6, 6.07) is 17.3. The fraction of sp³-hybridized carbons (Fsp3) is 0.294. The number of hydrogen-bond acceptors (Lipinski definition) is 3. The molecule has 0 aromatic heterocycles. The summed E-state index contributed by atoms with van der Waals surface area (Å²) in [4.78, 5) is 2.50. The van der Waals surface area contributed by atoms with Crippen molar-refractivity contribution in [3.63, 3.8) is 0 Å². The Kier molecular flexibility index (Phi) is 4.65. The summed E-state index contributed by atoms with van der Waals surface area (Å²) in [7, 11) is 0. The Morgan fingerprint density at radius 3 is 2.76 bits per heavy atom. The Hall–Kier alpha value is -1.27. The van der Waals surface area contributed by atoms with Gasteiger partial charge in [0.05, 0.1) is 11.4 Å². The zero-order valence-electron chi connectivity index (χ0n) is 11.9. The zero-order valence-corrected chi connectivity index (χ0v) is 14.1. The highest BCUT2D eigenvalue weighted by atomic mass is 127. The molecule has 3 N–H and O–H groups in total. The van der Waals surface area contributed by atoms with Crippen LogP contribution in [0.1, 0.15) is 12.0 Å². The van der Waals surface area contributed by atoms with Crippen LogP contribution in [0.5, 0.6) is 0 Å². The van der Waals surface area contributed by atoms with E-state index >= 15 is 0 Å². The van der Waals surface area contributed by atoms with Crippen molar-refractivity contribution < 1.29 is 0 Å². The van der Waals surface area contributed by atoms with Gasteiger partial charge in [0.1, 0.15) is 0 Å². The van der Waals surface area contributed by atoms with Crippen LogP contribution in [0, 0.1) is 3.57 Å². The van der Waals surface area contributed by atoms with Crippen molar-refractivity contribution in [1.29, 1.82) is 0 Å². The smallest absolute Gasteiger partial charge is 0.0577 e. The van der Waals surface area contributed by atoms with Gasteiger partial charge in [-0.25, -0.2) is 0 Å². The van der Waals surface area contributed by atoms with Crippen LogP contribution in [-0.4, -0.2) is 24.0 Å². The van der Waals surface area contributed by atoms with E-state index in [0.717, 1.165) is 37.4 Å². The summed E-state index contributed by atoms with van der Waals surface area (Å²) in [5, 5.41) is 3.58. The van der Waals surface area contributed by atoms with Crippen LogP contribution in [0.2, 0.25) is 0 Å². The van der Waals surface area contributed by atoms with E-state index < -0.39 is 0 Å². The minimum atomic E-state index is 0.482. The number of nitrogen functional groups attached to an aromatic ring is 1. The molecule has 0 saturated carbocycles. The van der Waals surface area contributed by atoms with Crippen LogP contribution in [0.25, 0.3) is 0 Å². The molecule has 0 aliphatic carbocycles. The summed E-state index contributed by atoms with van der Waals surface area (Å²) >= 11 is 2.29. The Morgan fingerprint density at radius 2 is 2.00 bits per heavy atom. The van der Waals surface area contributed by atoms with Gasteiger partial charge in [-0.15, -0.1) is 0 Å². The first-order valence-electron chi connectivity index (χ1n) is 7.28. The first-order chi connectivity index (χ1) is 10.2. The molecule has 2 aromatic rings.